The highest BCUT2D eigenvalue weighted by atomic mass is 16.7. The second-order valence-corrected chi connectivity index (χ2v) is 8.70. The van der Waals surface area contributed by atoms with Crippen LogP contribution >= 0.6 is 0 Å². The number of benzene rings is 2. The number of imide groups is 1. The average Bonchev–Trinajstić information content (AvgIpc) is 3.64. The number of rotatable bonds is 3. The molecule has 0 unspecified atom stereocenters. The van der Waals surface area contributed by atoms with Crippen molar-refractivity contribution >= 4 is 35.0 Å². The third-order valence-electron chi connectivity index (χ3n) is 7.06. The summed E-state index contributed by atoms with van der Waals surface area (Å²) in [5, 5.41) is 0. The van der Waals surface area contributed by atoms with E-state index in [1.54, 1.807) is 30.3 Å². The van der Waals surface area contributed by atoms with Gasteiger partial charge in [-0.2, -0.15) is 0 Å². The predicted octanol–water partition coefficient (Wildman–Crippen LogP) is 3.28. The Morgan fingerprint density at radius 3 is 2.59 bits per heavy atom. The van der Waals surface area contributed by atoms with Crippen LogP contribution in [0.15, 0.2) is 71.4 Å². The maximum atomic E-state index is 13.8. The molecule has 2 fully saturated rings. The molecule has 2 saturated heterocycles. The van der Waals surface area contributed by atoms with Crippen LogP contribution in [0.4, 0.5) is 11.4 Å². The zero-order valence-electron chi connectivity index (χ0n) is 17.8. The highest BCUT2D eigenvalue weighted by Crippen LogP contribution is 2.50. The van der Waals surface area contributed by atoms with Crippen LogP contribution in [0.5, 0.6) is 11.5 Å². The Hall–Kier alpha value is -4.33. The Balaban J connectivity index is 1.36. The molecule has 0 saturated carbocycles. The standard InChI is InChI=1S/C26H18N2O6/c29-24(19-6-3-11-32-19)23-22-21(17-9-7-14-4-1-2-5-16(14)28(17)23)25(30)27(26(22)31)15-8-10-18-20(12-15)34-13-33-18/h1-12,17,21-23H,13H2/t17-,21-,22-,23+/m1/s1. The Morgan fingerprint density at radius 1 is 0.912 bits per heavy atom. The Bertz CT molecular complexity index is 1390. The minimum absolute atomic E-state index is 0.0902. The molecule has 0 aliphatic carbocycles. The van der Waals surface area contributed by atoms with Gasteiger partial charge < -0.3 is 18.8 Å². The van der Waals surface area contributed by atoms with Gasteiger partial charge in [0.05, 0.1) is 29.8 Å². The zero-order chi connectivity index (χ0) is 23.0. The van der Waals surface area contributed by atoms with Gasteiger partial charge in [0.15, 0.2) is 17.3 Å². The van der Waals surface area contributed by atoms with E-state index in [1.165, 1.54) is 11.2 Å². The summed E-state index contributed by atoms with van der Waals surface area (Å²) >= 11 is 0. The van der Waals surface area contributed by atoms with Crippen LogP contribution in [-0.4, -0.2) is 36.5 Å². The third kappa shape index (κ3) is 2.45. The molecule has 0 N–H and O–H groups in total. The summed E-state index contributed by atoms with van der Waals surface area (Å²) in [7, 11) is 0. The van der Waals surface area contributed by atoms with Crippen LogP contribution in [0.25, 0.3) is 6.08 Å². The molecule has 0 spiro atoms. The van der Waals surface area contributed by atoms with E-state index in [-0.39, 0.29) is 24.2 Å². The number of ketones is 1. The fourth-order valence-electron chi connectivity index (χ4n) is 5.66. The largest absolute Gasteiger partial charge is 0.461 e. The second-order valence-electron chi connectivity index (χ2n) is 8.70. The summed E-state index contributed by atoms with van der Waals surface area (Å²) in [6.07, 6.45) is 5.31. The van der Waals surface area contributed by atoms with Crippen molar-refractivity contribution in [2.45, 2.75) is 12.1 Å². The second kappa shape index (κ2) is 6.84. The first-order chi connectivity index (χ1) is 16.6. The van der Waals surface area contributed by atoms with Crippen LogP contribution < -0.4 is 19.3 Å². The van der Waals surface area contributed by atoms with E-state index in [0.29, 0.717) is 17.2 Å². The SMILES string of the molecule is O=C(c1ccco1)[C@@H]1[C@@H]2C(=O)N(c3ccc4c(c3)OCO4)C(=O)[C@@H]2[C@H]2C=Cc3ccccc3N21. The van der Waals surface area contributed by atoms with Gasteiger partial charge in [0.2, 0.25) is 24.4 Å². The van der Waals surface area contributed by atoms with Gasteiger partial charge in [-0.05, 0) is 35.9 Å². The molecule has 8 nitrogen and oxygen atoms in total. The lowest BCUT2D eigenvalue weighted by molar-refractivity contribution is -0.122. The average molecular weight is 454 g/mol. The lowest BCUT2D eigenvalue weighted by Crippen LogP contribution is -2.48. The van der Waals surface area contributed by atoms with E-state index in [2.05, 4.69) is 0 Å². The van der Waals surface area contributed by atoms with Crippen molar-refractivity contribution in [3.8, 4) is 11.5 Å². The number of Topliss-reactive ketones (excluding diaryl/α,β-unsaturated/α-hetero) is 1. The number of amides is 2. The van der Waals surface area contributed by atoms with Gasteiger partial charge in [0.25, 0.3) is 0 Å². The summed E-state index contributed by atoms with van der Waals surface area (Å²) in [5.41, 5.74) is 2.16. The molecule has 0 bridgehead atoms. The molecule has 8 heteroatoms. The van der Waals surface area contributed by atoms with Gasteiger partial charge in [-0.3, -0.25) is 14.4 Å². The molecule has 2 amide bonds. The minimum Gasteiger partial charge on any atom is -0.461 e. The molecule has 4 atom stereocenters. The van der Waals surface area contributed by atoms with Crippen LogP contribution in [0.2, 0.25) is 0 Å². The Kier molecular flexibility index (Phi) is 3.85. The maximum Gasteiger partial charge on any atom is 0.240 e. The summed E-state index contributed by atoms with van der Waals surface area (Å²) < 4.78 is 16.2. The highest BCUT2D eigenvalue weighted by molar-refractivity contribution is 6.25. The van der Waals surface area contributed by atoms with Gasteiger partial charge in [0.1, 0.15) is 6.04 Å². The lowest BCUT2D eigenvalue weighted by Gasteiger charge is -2.36. The fraction of sp³-hybridized carbons (Fsp3) is 0.192. The van der Waals surface area contributed by atoms with Crippen LogP contribution in [0, 0.1) is 11.8 Å². The molecule has 3 aromatic rings. The van der Waals surface area contributed by atoms with E-state index in [0.717, 1.165) is 11.3 Å². The molecule has 168 valence electrons. The summed E-state index contributed by atoms with van der Waals surface area (Å²) in [6, 6.07) is 14.6. The smallest absolute Gasteiger partial charge is 0.240 e. The lowest BCUT2D eigenvalue weighted by atomic mass is 9.87. The highest BCUT2D eigenvalue weighted by Gasteiger charge is 2.64. The summed E-state index contributed by atoms with van der Waals surface area (Å²) in [6.45, 7) is 0.0902. The van der Waals surface area contributed by atoms with Gasteiger partial charge in [-0.25, -0.2) is 4.90 Å². The van der Waals surface area contributed by atoms with Gasteiger partial charge in [0, 0.05) is 11.8 Å². The number of furan rings is 1. The third-order valence-corrected chi connectivity index (χ3v) is 7.06. The zero-order valence-corrected chi connectivity index (χ0v) is 17.8. The van der Waals surface area contributed by atoms with Gasteiger partial charge >= 0.3 is 0 Å². The first-order valence-electron chi connectivity index (χ1n) is 11.0. The number of carbonyl (C=O) groups is 3. The van der Waals surface area contributed by atoms with Crippen molar-refractivity contribution in [3.63, 3.8) is 0 Å². The van der Waals surface area contributed by atoms with E-state index in [9.17, 15) is 14.4 Å². The molecule has 4 aliphatic rings. The molecule has 2 aromatic carbocycles. The number of fused-ring (bicyclic) bond motifs is 6. The van der Waals surface area contributed by atoms with Crippen molar-refractivity contribution in [2.75, 3.05) is 16.6 Å². The Morgan fingerprint density at radius 2 is 1.74 bits per heavy atom. The monoisotopic (exact) mass is 454 g/mol. The minimum atomic E-state index is -0.872. The van der Waals surface area contributed by atoms with E-state index >= 15 is 0 Å². The first kappa shape index (κ1) is 19.2. The molecule has 0 radical (unpaired) electrons. The molecule has 4 aliphatic heterocycles. The number of hydrogen-bond donors (Lipinski definition) is 0. The van der Waals surface area contributed by atoms with Crippen molar-refractivity contribution in [2.24, 2.45) is 11.8 Å². The van der Waals surface area contributed by atoms with Gasteiger partial charge in [-0.1, -0.05) is 30.4 Å². The fourth-order valence-corrected chi connectivity index (χ4v) is 5.66. The maximum absolute atomic E-state index is 13.8. The van der Waals surface area contributed by atoms with Crippen molar-refractivity contribution in [1.29, 1.82) is 0 Å². The normalized spacial score (nSPS) is 26.0. The quantitative estimate of drug-likeness (QED) is 0.443. The number of hydrogen-bond acceptors (Lipinski definition) is 7. The molecule has 1 aromatic heterocycles. The van der Waals surface area contributed by atoms with E-state index in [4.69, 9.17) is 13.9 Å². The summed E-state index contributed by atoms with van der Waals surface area (Å²) in [5.74, 6) is -1.40. The van der Waals surface area contributed by atoms with Crippen molar-refractivity contribution in [3.05, 3.63) is 78.3 Å². The van der Waals surface area contributed by atoms with Crippen LogP contribution in [-0.2, 0) is 9.59 Å². The Labute approximate surface area is 194 Å². The van der Waals surface area contributed by atoms with Gasteiger partial charge in [-0.15, -0.1) is 0 Å². The topological polar surface area (TPSA) is 89.3 Å². The summed E-state index contributed by atoms with van der Waals surface area (Å²) in [4.78, 5) is 44.4. The molecule has 5 heterocycles. The van der Waals surface area contributed by atoms with Crippen molar-refractivity contribution < 1.29 is 28.3 Å². The molecular formula is C26H18N2O6. The number of ether oxygens (including phenoxy) is 2. The predicted molar refractivity (Wildman–Crippen MR) is 121 cm³/mol. The number of anilines is 2. The molecular weight excluding hydrogens is 436 g/mol. The first-order valence-corrected chi connectivity index (χ1v) is 11.0. The van der Waals surface area contributed by atoms with Crippen LogP contribution in [0.3, 0.4) is 0 Å². The van der Waals surface area contributed by atoms with E-state index < -0.39 is 29.8 Å². The number of nitrogens with zero attached hydrogens (tertiary/aromatic N) is 2. The molecule has 34 heavy (non-hydrogen) atoms. The van der Waals surface area contributed by atoms with Crippen molar-refractivity contribution in [1.82, 2.24) is 0 Å². The van der Waals surface area contributed by atoms with Crippen LogP contribution in [0.1, 0.15) is 16.1 Å². The number of carbonyl (C=O) groups excluding carboxylic acids is 3. The molecule has 7 rings (SSSR count). The number of para-hydroxylation sites is 1. The van der Waals surface area contributed by atoms with E-state index in [1.807, 2.05) is 41.3 Å².